The van der Waals surface area contributed by atoms with Crippen molar-refractivity contribution in [1.82, 2.24) is 4.90 Å². The zero-order valence-electron chi connectivity index (χ0n) is 15.4. The molecule has 0 bridgehead atoms. The van der Waals surface area contributed by atoms with Gasteiger partial charge in [-0.1, -0.05) is 30.3 Å². The summed E-state index contributed by atoms with van der Waals surface area (Å²) < 4.78 is 36.5. The number of ether oxygens (including phenoxy) is 2. The van der Waals surface area contributed by atoms with Crippen LogP contribution in [0.1, 0.15) is 18.9 Å². The third-order valence-electron chi connectivity index (χ3n) is 5.36. The van der Waals surface area contributed by atoms with Crippen LogP contribution in [-0.2, 0) is 29.7 Å². The molecule has 2 aliphatic heterocycles. The normalized spacial score (nSPS) is 27.4. The van der Waals surface area contributed by atoms with Gasteiger partial charge in [-0.2, -0.15) is 0 Å². The van der Waals surface area contributed by atoms with Gasteiger partial charge in [-0.3, -0.25) is 4.79 Å². The smallest absolute Gasteiger partial charge is 0.412 e. The van der Waals surface area contributed by atoms with E-state index in [1.165, 1.54) is 29.2 Å². The molecule has 1 amide bonds. The van der Waals surface area contributed by atoms with E-state index >= 15 is 0 Å². The lowest BCUT2D eigenvalue weighted by Crippen LogP contribution is -2.51. The fraction of sp³-hybridized carbons (Fsp3) is 0.300. The summed E-state index contributed by atoms with van der Waals surface area (Å²) in [7, 11) is -2.09. The highest BCUT2D eigenvalue weighted by atomic mass is 32.2. The monoisotopic (exact) mass is 401 g/mol. The molecule has 0 radical (unpaired) electrons. The molecular weight excluding hydrogens is 382 g/mol. The van der Waals surface area contributed by atoms with E-state index in [1.807, 2.05) is 0 Å². The molecule has 7 nitrogen and oxygen atoms in total. The molecule has 8 heteroatoms. The number of fused-ring (bicyclic) bond motifs is 1. The van der Waals surface area contributed by atoms with Gasteiger partial charge in [0.15, 0.2) is 11.4 Å². The summed E-state index contributed by atoms with van der Waals surface area (Å²) in [6.45, 7) is 1.61. The van der Waals surface area contributed by atoms with Crippen LogP contribution < -0.4 is 0 Å². The summed E-state index contributed by atoms with van der Waals surface area (Å²) in [5.41, 5.74) is -0.810. The van der Waals surface area contributed by atoms with E-state index < -0.39 is 33.9 Å². The first-order chi connectivity index (χ1) is 13.2. The van der Waals surface area contributed by atoms with E-state index in [9.17, 15) is 18.0 Å². The minimum absolute atomic E-state index is 0.105. The maximum atomic E-state index is 12.8. The van der Waals surface area contributed by atoms with Crippen LogP contribution >= 0.6 is 0 Å². The van der Waals surface area contributed by atoms with Crippen LogP contribution in [0.25, 0.3) is 0 Å². The van der Waals surface area contributed by atoms with Gasteiger partial charge < -0.3 is 14.4 Å². The molecule has 0 spiro atoms. The first kappa shape index (κ1) is 18.6. The molecular formula is C20H19NO6S. The molecule has 2 aromatic carbocycles. The van der Waals surface area contributed by atoms with Crippen LogP contribution in [0, 0.1) is 0 Å². The summed E-state index contributed by atoms with van der Waals surface area (Å²) >= 11 is 0. The van der Waals surface area contributed by atoms with E-state index in [2.05, 4.69) is 0 Å². The molecule has 2 fully saturated rings. The van der Waals surface area contributed by atoms with Gasteiger partial charge in [0.1, 0.15) is 6.04 Å². The Morgan fingerprint density at radius 2 is 1.61 bits per heavy atom. The van der Waals surface area contributed by atoms with E-state index in [1.54, 1.807) is 44.3 Å². The Morgan fingerprint density at radius 1 is 1.00 bits per heavy atom. The molecule has 0 unspecified atom stereocenters. The van der Waals surface area contributed by atoms with Crippen molar-refractivity contribution in [3.63, 3.8) is 0 Å². The van der Waals surface area contributed by atoms with Crippen LogP contribution in [0.2, 0.25) is 0 Å². The third kappa shape index (κ3) is 2.80. The first-order valence-electron chi connectivity index (χ1n) is 8.79. The van der Waals surface area contributed by atoms with Crippen molar-refractivity contribution in [3.8, 4) is 0 Å². The second kappa shape index (κ2) is 6.42. The van der Waals surface area contributed by atoms with Gasteiger partial charge in [0, 0.05) is 13.5 Å². The molecule has 28 heavy (non-hydrogen) atoms. The number of benzene rings is 2. The van der Waals surface area contributed by atoms with Crippen LogP contribution in [0.15, 0.2) is 64.4 Å². The first-order valence-corrected chi connectivity index (χ1v) is 10.3. The molecule has 0 N–H and O–H groups in total. The highest BCUT2D eigenvalue weighted by Crippen LogP contribution is 2.39. The standard InChI is InChI=1S/C20H19NO6S/c1-20(17(22)12-16-18(27-20)26-19(23)21(16)2)13-8-10-15(11-9-13)28(24,25)14-6-4-3-5-7-14/h3-11,16,18H,12H2,1-2H3/t16-,18+,20+/m0/s1. The van der Waals surface area contributed by atoms with Gasteiger partial charge in [-0.05, 0) is 36.8 Å². The van der Waals surface area contributed by atoms with Crippen molar-refractivity contribution in [3.05, 3.63) is 60.2 Å². The predicted octanol–water partition coefficient (Wildman–Crippen LogP) is 2.50. The van der Waals surface area contributed by atoms with E-state index in [-0.39, 0.29) is 22.0 Å². The van der Waals surface area contributed by atoms with Gasteiger partial charge in [-0.15, -0.1) is 0 Å². The minimum Gasteiger partial charge on any atom is -0.417 e. The van der Waals surface area contributed by atoms with Crippen molar-refractivity contribution in [2.24, 2.45) is 0 Å². The van der Waals surface area contributed by atoms with Gasteiger partial charge in [0.05, 0.1) is 9.79 Å². The van der Waals surface area contributed by atoms with Crippen molar-refractivity contribution in [2.75, 3.05) is 7.05 Å². The number of rotatable bonds is 3. The van der Waals surface area contributed by atoms with Crippen LogP contribution in [0.3, 0.4) is 0 Å². The Hall–Kier alpha value is -2.71. The number of hydrogen-bond acceptors (Lipinski definition) is 6. The van der Waals surface area contributed by atoms with Crippen LogP contribution in [0.4, 0.5) is 4.79 Å². The average molecular weight is 401 g/mol. The Morgan fingerprint density at radius 3 is 2.25 bits per heavy atom. The number of carbonyl (C=O) groups excluding carboxylic acids is 2. The van der Waals surface area contributed by atoms with Crippen molar-refractivity contribution in [1.29, 1.82) is 0 Å². The van der Waals surface area contributed by atoms with E-state index in [0.717, 1.165) is 0 Å². The molecule has 4 rings (SSSR count). The highest BCUT2D eigenvalue weighted by molar-refractivity contribution is 7.91. The van der Waals surface area contributed by atoms with E-state index in [4.69, 9.17) is 9.47 Å². The number of carbonyl (C=O) groups is 2. The Kier molecular flexibility index (Phi) is 4.28. The third-order valence-corrected chi connectivity index (χ3v) is 7.15. The molecule has 2 aliphatic rings. The fourth-order valence-electron chi connectivity index (χ4n) is 3.51. The van der Waals surface area contributed by atoms with Gasteiger partial charge in [0.2, 0.25) is 16.1 Å². The maximum absolute atomic E-state index is 12.8. The minimum atomic E-state index is -3.65. The fourth-order valence-corrected chi connectivity index (χ4v) is 4.80. The number of sulfone groups is 1. The van der Waals surface area contributed by atoms with E-state index in [0.29, 0.717) is 5.56 Å². The zero-order chi connectivity index (χ0) is 20.1. The zero-order valence-corrected chi connectivity index (χ0v) is 16.2. The Labute approximate surface area is 162 Å². The summed E-state index contributed by atoms with van der Waals surface area (Å²) in [5.74, 6) is -0.197. The Bertz CT molecular complexity index is 1030. The summed E-state index contributed by atoms with van der Waals surface area (Å²) in [6.07, 6.45) is -1.27. The number of Topliss-reactive ketones (excluding diaryl/α,β-unsaturated/α-hetero) is 1. The van der Waals surface area contributed by atoms with Crippen LogP contribution in [0.5, 0.6) is 0 Å². The lowest BCUT2D eigenvalue weighted by Gasteiger charge is -2.38. The molecule has 3 atom stereocenters. The number of hydrogen-bond donors (Lipinski definition) is 0. The number of nitrogens with zero attached hydrogens (tertiary/aromatic N) is 1. The van der Waals surface area contributed by atoms with Gasteiger partial charge in [0.25, 0.3) is 0 Å². The molecule has 2 saturated heterocycles. The van der Waals surface area contributed by atoms with Crippen LogP contribution in [-0.4, -0.2) is 44.6 Å². The lowest BCUT2D eigenvalue weighted by molar-refractivity contribution is -0.205. The molecule has 0 aromatic heterocycles. The Balaban J connectivity index is 1.64. The summed E-state index contributed by atoms with van der Waals surface area (Å²) in [5, 5.41) is 0. The van der Waals surface area contributed by atoms with Crippen molar-refractivity contribution in [2.45, 2.75) is 41.1 Å². The number of ketones is 1. The van der Waals surface area contributed by atoms with Gasteiger partial charge in [-0.25, -0.2) is 13.2 Å². The molecule has 0 saturated carbocycles. The maximum Gasteiger partial charge on any atom is 0.412 e. The second-order valence-corrected chi connectivity index (χ2v) is 9.00. The average Bonchev–Trinajstić information content (AvgIpc) is 2.96. The predicted molar refractivity (Wildman–Crippen MR) is 98.2 cm³/mol. The molecule has 0 aliphatic carbocycles. The number of amides is 1. The molecule has 2 heterocycles. The lowest BCUT2D eigenvalue weighted by atomic mass is 9.85. The topological polar surface area (TPSA) is 90.0 Å². The molecule has 2 aromatic rings. The SMILES string of the molecule is CN1C(=O)O[C@@H]2O[C@](C)(c3ccc(S(=O)(=O)c4ccccc4)cc3)C(=O)C[C@@H]21. The quantitative estimate of drug-likeness (QED) is 0.785. The largest absolute Gasteiger partial charge is 0.417 e. The van der Waals surface area contributed by atoms with Crippen molar-refractivity contribution < 1.29 is 27.5 Å². The highest BCUT2D eigenvalue weighted by Gasteiger charge is 2.53. The van der Waals surface area contributed by atoms with Gasteiger partial charge >= 0.3 is 6.09 Å². The summed E-state index contributed by atoms with van der Waals surface area (Å²) in [4.78, 5) is 26.2. The second-order valence-electron chi connectivity index (χ2n) is 7.05. The molecule has 146 valence electrons. The number of likely N-dealkylation sites (N-methyl/N-ethyl adjacent to an activating group) is 1. The summed E-state index contributed by atoms with van der Waals surface area (Å²) in [6, 6.07) is 13.7. The van der Waals surface area contributed by atoms with Crippen molar-refractivity contribution >= 4 is 21.7 Å².